The first kappa shape index (κ1) is 73.3. The van der Waals surface area contributed by atoms with Crippen molar-refractivity contribution in [3.8, 4) is 107 Å². The van der Waals surface area contributed by atoms with E-state index in [4.69, 9.17) is 45.1 Å². The summed E-state index contributed by atoms with van der Waals surface area (Å²) >= 11 is 0. The number of ether oxygens (including phenoxy) is 6. The lowest BCUT2D eigenvalue weighted by Gasteiger charge is -2.15. The Hall–Kier alpha value is -7.68. The minimum atomic E-state index is -1.12. The van der Waals surface area contributed by atoms with Gasteiger partial charge in [0.25, 0.3) is 0 Å². The van der Waals surface area contributed by atoms with Crippen LogP contribution < -0.4 is 9.47 Å². The van der Waals surface area contributed by atoms with E-state index in [1.165, 1.54) is 127 Å². The fraction of sp³-hybridized carbons (Fsp3) is 0.549. The molecule has 0 aliphatic carbocycles. The molecule has 2 rings (SSSR count). The van der Waals surface area contributed by atoms with Crippen LogP contribution in [-0.2, 0) is 51.0 Å². The van der Waals surface area contributed by atoms with Gasteiger partial charge in [0, 0.05) is 21.4 Å². The van der Waals surface area contributed by atoms with Crippen molar-refractivity contribution >= 4 is 23.9 Å². The third kappa shape index (κ3) is 44.6. The Morgan fingerprint density at radius 2 is 0.783 bits per heavy atom. The van der Waals surface area contributed by atoms with Gasteiger partial charge in [0.05, 0.1) is 32.0 Å². The third-order valence-electron chi connectivity index (χ3n) is 12.5. The van der Waals surface area contributed by atoms with E-state index in [0.29, 0.717) is 12.2 Å². The Bertz CT molecular complexity index is 2660. The number of esters is 4. The van der Waals surface area contributed by atoms with Crippen molar-refractivity contribution < 1.29 is 79.2 Å². The molecule has 0 saturated heterocycles. The molecule has 2 atom stereocenters. The Morgan fingerprint density at radius 3 is 1.23 bits per heavy atom. The molecule has 0 spiro atoms. The van der Waals surface area contributed by atoms with Crippen LogP contribution in [0, 0.1) is 107 Å². The molecule has 2 aromatic rings. The third-order valence-corrected chi connectivity index (χ3v) is 12.5. The molecule has 0 aliphatic heterocycles. The first-order valence-electron chi connectivity index (χ1n) is 30.0. The number of hydrogen-bond donors (Lipinski definition) is 2. The van der Waals surface area contributed by atoms with E-state index in [1.807, 2.05) is 36.4 Å². The summed E-state index contributed by atoms with van der Waals surface area (Å²) in [5.74, 6) is 34.1. The summed E-state index contributed by atoms with van der Waals surface area (Å²) in [6.07, 6.45) is 33.4. The van der Waals surface area contributed by atoms with Crippen LogP contribution in [-0.4, -0.2) is 86.9 Å². The summed E-state index contributed by atoms with van der Waals surface area (Å²) in [6.45, 7) is 6.37. The fourth-order valence-electron chi connectivity index (χ4n) is 8.05. The molecule has 2 N–H and O–H groups in total. The molecule has 0 aliphatic rings. The van der Waals surface area contributed by atoms with Crippen LogP contribution in [0.5, 0.6) is 11.5 Å². The molecule has 0 fully saturated rings. The number of unbranched alkanes of at least 4 members (excludes halogenated alkanes) is 18. The van der Waals surface area contributed by atoms with E-state index in [2.05, 4.69) is 122 Å². The highest BCUT2D eigenvalue weighted by molar-refractivity contribution is 5.83. The van der Waals surface area contributed by atoms with E-state index in [9.17, 15) is 19.2 Å². The molecule has 476 valence electrons. The van der Waals surface area contributed by atoms with E-state index in [0.717, 1.165) is 37.9 Å². The van der Waals surface area contributed by atoms with Crippen LogP contribution in [0.1, 0.15) is 207 Å². The summed E-state index contributed by atoms with van der Waals surface area (Å²) in [5.41, 5.74) is 2.58. The molecule has 0 heterocycles. The van der Waals surface area contributed by atoms with Gasteiger partial charge in [-0.3, -0.25) is 19.2 Å². The Balaban J connectivity index is -0.0000000946. The van der Waals surface area contributed by atoms with Gasteiger partial charge in [-0.1, -0.05) is 173 Å². The van der Waals surface area contributed by atoms with Crippen LogP contribution >= 0.6 is 0 Å². The maximum Gasteiger partial charge on any atom is 0.321 e. The largest absolute Gasteiger partial charge is 0.490 e. The van der Waals surface area contributed by atoms with Gasteiger partial charge in [0.15, 0.2) is 0 Å². The van der Waals surface area contributed by atoms with E-state index >= 15 is 0 Å². The topological polar surface area (TPSA) is 164 Å². The molecule has 12 heteroatoms. The molecular formula is C71H120O12. The Kier molecular flexibility index (Phi) is 48.5. The first-order chi connectivity index (χ1) is 40.7. The van der Waals surface area contributed by atoms with Gasteiger partial charge in [-0.05, 0) is 150 Å². The number of terminal acetylenes is 1. The van der Waals surface area contributed by atoms with E-state index in [-0.39, 0.29) is 87.1 Å². The molecule has 0 aromatic heterocycles. The quantitative estimate of drug-likeness (QED) is 0.0280. The van der Waals surface area contributed by atoms with Gasteiger partial charge in [-0.15, -0.1) is 6.42 Å². The number of aliphatic hydroxyl groups excluding tert-OH is 2. The smallest absolute Gasteiger partial charge is 0.321 e. The zero-order valence-corrected chi connectivity index (χ0v) is 49.9. The number of carbonyl (C=O) groups excluding carboxylic acids is 4. The van der Waals surface area contributed by atoms with Crippen LogP contribution in [0.4, 0.5) is 0 Å². The van der Waals surface area contributed by atoms with Gasteiger partial charge in [-0.25, -0.2) is 0 Å². The maximum absolute atomic E-state index is 12.6. The van der Waals surface area contributed by atoms with Crippen LogP contribution in [0.2, 0.25) is 0 Å². The molecule has 0 amide bonds. The van der Waals surface area contributed by atoms with Gasteiger partial charge < -0.3 is 38.6 Å². The fourth-order valence-corrected chi connectivity index (χ4v) is 8.05. The van der Waals surface area contributed by atoms with Gasteiger partial charge in [0.1, 0.15) is 57.1 Å². The maximum atomic E-state index is 12.6. The normalized spacial score (nSPS) is 10.3. The standard InChI is InChI=1S/C39H36O6.C32H54O6.15H2/c1-3-5-7-9-11-12-13-14-15-16-17-19-21-23-25-36(34-38(41)44-31-30-40)39(42)45-33-32-43-37-28-26-35(27-29-37)24-22-20-18-10-8-6-4-2;1-3-5-7-9-11-13-15-17-28-19-21-30(22-20-28)36-25-26-37-31(34)27-29(32(35)38-24-23-33)18-16-14-12-10-8-6-4-2;;;;;;;;;;;;;;;/h1,26-29,36,40H,4,6,8,10,18,20,22,24,30-34H2,2H3;19-22,29,33H,3-18,23-27H2,1-2H3;15*1H. The molecular weight excluding hydrogens is 1040 g/mol. The van der Waals surface area contributed by atoms with Gasteiger partial charge in [-0.2, -0.15) is 0 Å². The first-order valence-corrected chi connectivity index (χ1v) is 30.0. The lowest BCUT2D eigenvalue weighted by Crippen LogP contribution is -2.24. The van der Waals surface area contributed by atoms with Crippen molar-refractivity contribution in [2.45, 2.75) is 188 Å². The number of rotatable bonds is 42. The number of carbonyl (C=O) groups is 4. The second-order valence-corrected chi connectivity index (χ2v) is 19.4. The van der Waals surface area contributed by atoms with Crippen LogP contribution in [0.3, 0.4) is 0 Å². The molecule has 83 heavy (non-hydrogen) atoms. The molecule has 2 aromatic carbocycles. The van der Waals surface area contributed by atoms with Crippen LogP contribution in [0.15, 0.2) is 48.5 Å². The molecule has 12 nitrogen and oxygen atoms in total. The minimum Gasteiger partial charge on any atom is -0.490 e. The van der Waals surface area contributed by atoms with Crippen molar-refractivity contribution in [1.82, 2.24) is 0 Å². The second kappa shape index (κ2) is 54.9. The van der Waals surface area contributed by atoms with Gasteiger partial charge >= 0.3 is 23.9 Å². The summed E-state index contributed by atoms with van der Waals surface area (Å²) in [4.78, 5) is 49.3. The number of hydrogen-bond acceptors (Lipinski definition) is 12. The van der Waals surface area contributed by atoms with Crippen LogP contribution in [0.25, 0.3) is 0 Å². The summed E-state index contributed by atoms with van der Waals surface area (Å²) in [5, 5.41) is 17.8. The summed E-state index contributed by atoms with van der Waals surface area (Å²) < 4.78 is 31.9. The number of aliphatic hydroxyl groups is 2. The average molecular weight is 1170 g/mol. The van der Waals surface area contributed by atoms with E-state index in [1.54, 1.807) is 0 Å². The molecule has 0 bridgehead atoms. The lowest BCUT2D eigenvalue weighted by atomic mass is 9.97. The van der Waals surface area contributed by atoms with Gasteiger partial charge in [0.2, 0.25) is 0 Å². The Labute approximate surface area is 520 Å². The zero-order chi connectivity index (χ0) is 60.3. The highest BCUT2D eigenvalue weighted by Gasteiger charge is 2.24. The summed E-state index contributed by atoms with van der Waals surface area (Å²) in [6, 6.07) is 16.0. The Morgan fingerprint density at radius 1 is 0.422 bits per heavy atom. The monoisotopic (exact) mass is 1160 g/mol. The van der Waals surface area contributed by atoms with Crippen molar-refractivity contribution in [2.75, 3.05) is 52.9 Å². The van der Waals surface area contributed by atoms with Crippen molar-refractivity contribution in [3.63, 3.8) is 0 Å². The molecule has 2 unspecified atom stereocenters. The SMILES string of the molecule is C#CC#CC#CC#CC#CC#CC#CC#CC(CC(=O)OCCO)C(=O)OCCOc1ccc(CCCCCCCCC)cc1.CCCCCCCCCc1ccc(OCCOC(=O)CC(CCCCCCCCC)C(=O)OCCO)cc1.[HH].[HH].[HH].[HH].[HH].[HH].[HH].[HH].[HH].[HH].[HH].[HH].[HH].[HH].[HH]. The highest BCUT2D eigenvalue weighted by Crippen LogP contribution is 2.20. The average Bonchev–Trinajstić information content (AvgIpc) is 0.991. The van der Waals surface area contributed by atoms with Crippen molar-refractivity contribution in [1.29, 1.82) is 0 Å². The zero-order valence-electron chi connectivity index (χ0n) is 49.9. The van der Waals surface area contributed by atoms with Crippen molar-refractivity contribution in [2.24, 2.45) is 11.8 Å². The lowest BCUT2D eigenvalue weighted by molar-refractivity contribution is -0.156. The van der Waals surface area contributed by atoms with Crippen molar-refractivity contribution in [3.05, 3.63) is 59.7 Å². The highest BCUT2D eigenvalue weighted by atomic mass is 16.6. The minimum absolute atomic E-state index is 0. The summed E-state index contributed by atoms with van der Waals surface area (Å²) in [7, 11) is 0. The van der Waals surface area contributed by atoms with E-state index < -0.39 is 35.7 Å². The second-order valence-electron chi connectivity index (χ2n) is 19.4. The number of aryl methyl sites for hydroxylation is 2. The predicted octanol–water partition coefficient (Wildman–Crippen LogP) is 15.4. The number of benzene rings is 2. The predicted molar refractivity (Wildman–Crippen MR) is 359 cm³/mol. The molecule has 0 saturated carbocycles. The molecule has 0 radical (unpaired) electrons.